The largest absolute Gasteiger partial charge is 0.491 e. The third-order valence-electron chi connectivity index (χ3n) is 7.30. The quantitative estimate of drug-likeness (QED) is 0.0754. The summed E-state index contributed by atoms with van der Waals surface area (Å²) < 4.78 is 103. The minimum absolute atomic E-state index is 0.0749. The molecular formula is C33H32F6N4O8. The molecule has 1 amide bonds. The molecule has 0 unspecified atom stereocenters. The number of halogens is 6. The Bertz CT molecular complexity index is 1700. The topological polar surface area (TPSA) is 176 Å². The first-order valence-electron chi connectivity index (χ1n) is 15.2. The molecule has 0 aromatic heterocycles. The predicted molar refractivity (Wildman–Crippen MR) is 166 cm³/mol. The Morgan fingerprint density at radius 2 is 1.43 bits per heavy atom. The number of piperidine rings is 1. The second-order valence-corrected chi connectivity index (χ2v) is 11.2. The molecule has 12 nitrogen and oxygen atoms in total. The number of esters is 2. The maximum Gasteiger partial charge on any atom is 0.491 e. The number of nitrogens with zero attached hydrogens (tertiary/aromatic N) is 1. The van der Waals surface area contributed by atoms with E-state index in [-0.39, 0.29) is 19.1 Å². The van der Waals surface area contributed by atoms with E-state index in [0.717, 1.165) is 5.56 Å². The van der Waals surface area contributed by atoms with E-state index in [1.54, 1.807) is 29.2 Å². The molecule has 5 N–H and O–H groups in total. The number of nitrogens with one attached hydrogen (secondary N) is 1. The lowest BCUT2D eigenvalue weighted by molar-refractivity contribution is -0.190. The van der Waals surface area contributed by atoms with Crippen LogP contribution in [0.25, 0.3) is 0 Å². The molecule has 0 spiro atoms. The fraction of sp³-hybridized carbons (Fsp3) is 0.333. The van der Waals surface area contributed by atoms with Crippen LogP contribution >= 0.6 is 0 Å². The molecule has 0 saturated carbocycles. The van der Waals surface area contributed by atoms with Gasteiger partial charge in [0.2, 0.25) is 5.75 Å². The number of likely N-dealkylation sites (tertiary alicyclic amines) is 1. The number of hydrogen-bond donors (Lipinski definition) is 3. The summed E-state index contributed by atoms with van der Waals surface area (Å²) in [5.41, 5.74) is 12.4. The van der Waals surface area contributed by atoms with Crippen LogP contribution < -0.4 is 30.4 Å². The van der Waals surface area contributed by atoms with Crippen molar-refractivity contribution in [3.8, 4) is 23.0 Å². The molecule has 1 atom stereocenters. The summed E-state index contributed by atoms with van der Waals surface area (Å²) >= 11 is 0. The highest BCUT2D eigenvalue weighted by Gasteiger charge is 2.44. The molecule has 0 radical (unpaired) electrons. The van der Waals surface area contributed by atoms with Gasteiger partial charge in [0.1, 0.15) is 30.9 Å². The fourth-order valence-electron chi connectivity index (χ4n) is 4.80. The number of alkyl halides is 6. The average Bonchev–Trinajstić information content (AvgIpc) is 3.07. The van der Waals surface area contributed by atoms with Gasteiger partial charge < -0.3 is 40.1 Å². The van der Waals surface area contributed by atoms with Gasteiger partial charge in [0.05, 0.1) is 5.56 Å². The van der Waals surface area contributed by atoms with E-state index in [1.807, 2.05) is 30.3 Å². The highest BCUT2D eigenvalue weighted by molar-refractivity contribution is 6.00. The number of hydrogen-bond acceptors (Lipinski definition) is 10. The van der Waals surface area contributed by atoms with Crippen LogP contribution in [0, 0.1) is 5.41 Å². The highest BCUT2D eigenvalue weighted by atomic mass is 19.4. The standard InChI is InChI=1S/C33H32F6N4O8/c34-32(35,36)29(44)50-25-11-10-24(28(41)42)26(51-30(45)33(37,38)39)27(25)47-18-21(40)16-19-6-8-22(9-7-19)49-23-12-14-43(15-13-23)31(46)48-17-20-4-2-1-3-5-20/h1-11,21,23H,12-18,40H2,(H3,41,42)/t21-/m1/s1. The summed E-state index contributed by atoms with van der Waals surface area (Å²) in [4.78, 5) is 37.2. The molecular weight excluding hydrogens is 694 g/mol. The van der Waals surface area contributed by atoms with Gasteiger partial charge in [-0.15, -0.1) is 0 Å². The second-order valence-electron chi connectivity index (χ2n) is 11.2. The van der Waals surface area contributed by atoms with E-state index < -0.39 is 71.7 Å². The van der Waals surface area contributed by atoms with Crippen molar-refractivity contribution >= 4 is 23.9 Å². The molecule has 1 aliphatic rings. The minimum Gasteiger partial charge on any atom is -0.490 e. The van der Waals surface area contributed by atoms with Gasteiger partial charge in [0.25, 0.3) is 0 Å². The number of carbonyl (C=O) groups excluding carboxylic acids is 3. The predicted octanol–water partition coefficient (Wildman–Crippen LogP) is 5.03. The zero-order chi connectivity index (χ0) is 37.3. The monoisotopic (exact) mass is 726 g/mol. The van der Waals surface area contributed by atoms with Crippen LogP contribution in [0.15, 0.2) is 66.7 Å². The van der Waals surface area contributed by atoms with Gasteiger partial charge >= 0.3 is 30.4 Å². The van der Waals surface area contributed by atoms with E-state index in [2.05, 4.69) is 9.47 Å². The number of nitrogens with two attached hydrogens (primary N) is 2. The normalized spacial score (nSPS) is 14.3. The molecule has 4 rings (SSSR count). The van der Waals surface area contributed by atoms with Crippen molar-refractivity contribution in [2.45, 2.75) is 50.4 Å². The van der Waals surface area contributed by atoms with Crippen molar-refractivity contribution in [1.82, 2.24) is 4.90 Å². The van der Waals surface area contributed by atoms with Gasteiger partial charge in [-0.2, -0.15) is 26.3 Å². The van der Waals surface area contributed by atoms with Gasteiger partial charge in [-0.1, -0.05) is 42.5 Å². The van der Waals surface area contributed by atoms with Gasteiger partial charge in [0, 0.05) is 32.0 Å². The Hall–Kier alpha value is -5.52. The number of amidine groups is 1. The SMILES string of the molecule is N=C(N)c1ccc(OC(=O)C(F)(F)F)c(OC[C@H](N)Cc2ccc(OC3CCN(C(=O)OCc4ccccc4)CC3)cc2)c1OC(=O)C(F)(F)F. The number of nitrogen functional groups attached to an aromatic ring is 1. The third kappa shape index (κ3) is 11.0. The smallest absolute Gasteiger partial charge is 0.490 e. The summed E-state index contributed by atoms with van der Waals surface area (Å²) in [5.74, 6) is -9.31. The van der Waals surface area contributed by atoms with Gasteiger partial charge in [-0.3, -0.25) is 5.41 Å². The van der Waals surface area contributed by atoms with E-state index in [4.69, 9.17) is 31.1 Å². The first-order valence-corrected chi connectivity index (χ1v) is 15.2. The lowest BCUT2D eigenvalue weighted by Crippen LogP contribution is -2.42. The molecule has 51 heavy (non-hydrogen) atoms. The van der Waals surface area contributed by atoms with Crippen molar-refractivity contribution in [2.75, 3.05) is 19.7 Å². The lowest BCUT2D eigenvalue weighted by atomic mass is 10.1. The number of rotatable bonds is 12. The van der Waals surface area contributed by atoms with Crippen LogP contribution in [0.3, 0.4) is 0 Å². The zero-order valence-corrected chi connectivity index (χ0v) is 26.6. The Balaban J connectivity index is 1.36. The van der Waals surface area contributed by atoms with Crippen molar-refractivity contribution in [3.05, 3.63) is 83.4 Å². The summed E-state index contributed by atoms with van der Waals surface area (Å²) in [6.07, 6.45) is -10.5. The first kappa shape index (κ1) is 38.3. The van der Waals surface area contributed by atoms with E-state index in [9.17, 15) is 40.7 Å². The molecule has 1 heterocycles. The van der Waals surface area contributed by atoms with E-state index >= 15 is 0 Å². The Kier molecular flexibility index (Phi) is 12.4. The number of benzene rings is 3. The highest BCUT2D eigenvalue weighted by Crippen LogP contribution is 2.42. The van der Waals surface area contributed by atoms with Gasteiger partial charge in [-0.25, -0.2) is 14.4 Å². The second kappa shape index (κ2) is 16.5. The Morgan fingerprint density at radius 3 is 2.02 bits per heavy atom. The third-order valence-corrected chi connectivity index (χ3v) is 7.30. The Labute approximate surface area is 286 Å². The molecule has 18 heteroatoms. The average molecular weight is 727 g/mol. The van der Waals surface area contributed by atoms with Crippen LogP contribution in [0.5, 0.6) is 23.0 Å². The number of ether oxygens (including phenoxy) is 5. The van der Waals surface area contributed by atoms with Crippen LogP contribution in [0.2, 0.25) is 0 Å². The number of carbonyl (C=O) groups is 3. The molecule has 3 aromatic rings. The van der Waals surface area contributed by atoms with Crippen molar-refractivity contribution < 1.29 is 64.4 Å². The fourth-order valence-corrected chi connectivity index (χ4v) is 4.80. The van der Waals surface area contributed by atoms with Gasteiger partial charge in [-0.05, 0) is 41.8 Å². The van der Waals surface area contributed by atoms with Crippen molar-refractivity contribution in [1.29, 1.82) is 5.41 Å². The number of amides is 1. The van der Waals surface area contributed by atoms with Crippen LogP contribution in [-0.2, 0) is 27.4 Å². The molecule has 1 saturated heterocycles. The molecule has 1 fully saturated rings. The molecule has 1 aliphatic heterocycles. The van der Waals surface area contributed by atoms with Crippen molar-refractivity contribution in [3.63, 3.8) is 0 Å². The lowest BCUT2D eigenvalue weighted by Gasteiger charge is -2.31. The molecule has 274 valence electrons. The van der Waals surface area contributed by atoms with Gasteiger partial charge in [0.15, 0.2) is 11.5 Å². The van der Waals surface area contributed by atoms with E-state index in [1.165, 1.54) is 0 Å². The maximum atomic E-state index is 13.0. The van der Waals surface area contributed by atoms with Crippen molar-refractivity contribution in [2.24, 2.45) is 11.5 Å². The molecule has 0 bridgehead atoms. The molecule has 3 aromatic carbocycles. The summed E-state index contributed by atoms with van der Waals surface area (Å²) in [7, 11) is 0. The maximum absolute atomic E-state index is 13.0. The minimum atomic E-state index is -5.57. The summed E-state index contributed by atoms with van der Waals surface area (Å²) in [5, 5.41) is 7.62. The van der Waals surface area contributed by atoms with Crippen LogP contribution in [0.1, 0.15) is 29.5 Å². The van der Waals surface area contributed by atoms with Crippen LogP contribution in [0.4, 0.5) is 31.1 Å². The summed E-state index contributed by atoms with van der Waals surface area (Å²) in [6, 6.07) is 16.4. The first-order chi connectivity index (χ1) is 24.0. The zero-order valence-electron chi connectivity index (χ0n) is 26.6. The van der Waals surface area contributed by atoms with Crippen LogP contribution in [-0.4, -0.2) is 73.0 Å². The Morgan fingerprint density at radius 1 is 0.824 bits per heavy atom. The van der Waals surface area contributed by atoms with E-state index in [0.29, 0.717) is 49.4 Å². The summed E-state index contributed by atoms with van der Waals surface area (Å²) in [6.45, 7) is 0.449. The molecule has 0 aliphatic carbocycles.